The van der Waals surface area contributed by atoms with Gasteiger partial charge < -0.3 is 5.32 Å². The van der Waals surface area contributed by atoms with Gasteiger partial charge in [-0.25, -0.2) is 4.39 Å². The van der Waals surface area contributed by atoms with Crippen molar-refractivity contribution < 1.29 is 4.39 Å². The molecule has 17 heavy (non-hydrogen) atoms. The van der Waals surface area contributed by atoms with Crippen LogP contribution < -0.4 is 5.32 Å². The molecule has 0 aromatic heterocycles. The summed E-state index contributed by atoms with van der Waals surface area (Å²) < 4.78 is 14.0. The minimum absolute atomic E-state index is 0.199. The fraction of sp³-hybridized carbons (Fsp3) is 0.143. The normalized spacial score (nSPS) is 10.3. The average molecular weight is 294 g/mol. The molecule has 3 heteroatoms. The van der Waals surface area contributed by atoms with Gasteiger partial charge >= 0.3 is 0 Å². The first-order valence-corrected chi connectivity index (χ1v) is 6.18. The molecule has 0 aliphatic carbocycles. The van der Waals surface area contributed by atoms with Crippen LogP contribution in [0.15, 0.2) is 46.9 Å². The second-order valence-electron chi connectivity index (χ2n) is 4.00. The molecule has 0 amide bonds. The number of aryl methyl sites for hydroxylation is 1. The van der Waals surface area contributed by atoms with E-state index in [9.17, 15) is 4.39 Å². The van der Waals surface area contributed by atoms with Gasteiger partial charge in [-0.05, 0) is 48.4 Å². The van der Waals surface area contributed by atoms with Crippen LogP contribution in [-0.4, -0.2) is 0 Å². The third-order valence-corrected chi connectivity index (χ3v) is 2.89. The van der Waals surface area contributed by atoms with E-state index >= 15 is 0 Å². The number of anilines is 1. The molecule has 0 spiro atoms. The fourth-order valence-electron chi connectivity index (χ4n) is 1.69. The molecule has 0 saturated carbocycles. The maximum atomic E-state index is 13.0. The molecule has 2 rings (SSSR count). The molecule has 88 valence electrons. The summed E-state index contributed by atoms with van der Waals surface area (Å²) in [5.74, 6) is -0.199. The lowest BCUT2D eigenvalue weighted by atomic mass is 10.2. The van der Waals surface area contributed by atoms with Crippen LogP contribution in [0.1, 0.15) is 11.1 Å². The van der Waals surface area contributed by atoms with Crippen LogP contribution in [-0.2, 0) is 6.54 Å². The van der Waals surface area contributed by atoms with Gasteiger partial charge in [-0.15, -0.1) is 0 Å². The molecule has 0 saturated heterocycles. The number of rotatable bonds is 3. The largest absolute Gasteiger partial charge is 0.381 e. The van der Waals surface area contributed by atoms with Crippen LogP contribution in [0.25, 0.3) is 0 Å². The zero-order chi connectivity index (χ0) is 12.3. The summed E-state index contributed by atoms with van der Waals surface area (Å²) in [5.41, 5.74) is 3.14. The van der Waals surface area contributed by atoms with Crippen LogP contribution in [0.3, 0.4) is 0 Å². The molecule has 1 N–H and O–H groups in total. The topological polar surface area (TPSA) is 12.0 Å². The van der Waals surface area contributed by atoms with Crippen molar-refractivity contribution in [2.24, 2.45) is 0 Å². The molecule has 2 aromatic rings. The van der Waals surface area contributed by atoms with Crippen LogP contribution in [0.2, 0.25) is 0 Å². The Hall–Kier alpha value is -1.35. The predicted octanol–water partition coefficient (Wildman–Crippen LogP) is 4.51. The molecule has 0 aliphatic heterocycles. The number of benzene rings is 2. The Balaban J connectivity index is 2.07. The quantitative estimate of drug-likeness (QED) is 0.878. The van der Waals surface area contributed by atoms with E-state index in [2.05, 4.69) is 27.3 Å². The SMILES string of the molecule is Cc1cc(Br)cc(NCc2cccc(F)c2)c1. The molecular weight excluding hydrogens is 281 g/mol. The Morgan fingerprint density at radius 3 is 2.71 bits per heavy atom. The van der Waals surface area contributed by atoms with E-state index in [-0.39, 0.29) is 5.82 Å². The summed E-state index contributed by atoms with van der Waals surface area (Å²) in [6, 6.07) is 12.7. The van der Waals surface area contributed by atoms with E-state index in [0.717, 1.165) is 15.7 Å². The van der Waals surface area contributed by atoms with Crippen molar-refractivity contribution in [1.29, 1.82) is 0 Å². The summed E-state index contributed by atoms with van der Waals surface area (Å²) in [5, 5.41) is 3.27. The van der Waals surface area contributed by atoms with Gasteiger partial charge in [0.15, 0.2) is 0 Å². The Kier molecular flexibility index (Phi) is 3.79. The first-order chi connectivity index (χ1) is 8.13. The summed E-state index contributed by atoms with van der Waals surface area (Å²) in [6.45, 7) is 2.66. The monoisotopic (exact) mass is 293 g/mol. The maximum Gasteiger partial charge on any atom is 0.123 e. The second-order valence-corrected chi connectivity index (χ2v) is 4.92. The minimum atomic E-state index is -0.199. The molecule has 0 fully saturated rings. The van der Waals surface area contributed by atoms with Crippen molar-refractivity contribution in [3.05, 3.63) is 63.9 Å². The van der Waals surface area contributed by atoms with E-state index in [4.69, 9.17) is 0 Å². The number of hydrogen-bond acceptors (Lipinski definition) is 1. The minimum Gasteiger partial charge on any atom is -0.381 e. The Labute approximate surface area is 109 Å². The van der Waals surface area contributed by atoms with Gasteiger partial charge in [0.2, 0.25) is 0 Å². The molecule has 2 aromatic carbocycles. The lowest BCUT2D eigenvalue weighted by Crippen LogP contribution is -1.99. The third-order valence-electron chi connectivity index (χ3n) is 2.43. The molecule has 0 atom stereocenters. The highest BCUT2D eigenvalue weighted by Gasteiger charge is 1.98. The van der Waals surface area contributed by atoms with Gasteiger partial charge in [0, 0.05) is 16.7 Å². The molecule has 0 aliphatic rings. The average Bonchev–Trinajstić information content (AvgIpc) is 2.25. The number of hydrogen-bond donors (Lipinski definition) is 1. The summed E-state index contributed by atoms with van der Waals surface area (Å²) in [7, 11) is 0. The van der Waals surface area contributed by atoms with E-state index in [1.54, 1.807) is 6.07 Å². The van der Waals surface area contributed by atoms with Crippen molar-refractivity contribution in [3.63, 3.8) is 0 Å². The Bertz CT molecular complexity index is 505. The summed E-state index contributed by atoms with van der Waals surface area (Å²) >= 11 is 3.45. The molecule has 0 heterocycles. The van der Waals surface area contributed by atoms with Gasteiger partial charge in [0.25, 0.3) is 0 Å². The van der Waals surface area contributed by atoms with E-state index in [1.807, 2.05) is 25.1 Å². The fourth-order valence-corrected chi connectivity index (χ4v) is 2.30. The van der Waals surface area contributed by atoms with E-state index in [1.165, 1.54) is 17.7 Å². The van der Waals surface area contributed by atoms with Gasteiger partial charge in [-0.2, -0.15) is 0 Å². The predicted molar refractivity (Wildman–Crippen MR) is 72.6 cm³/mol. The zero-order valence-corrected chi connectivity index (χ0v) is 11.1. The van der Waals surface area contributed by atoms with Crippen molar-refractivity contribution in [3.8, 4) is 0 Å². The smallest absolute Gasteiger partial charge is 0.123 e. The lowest BCUT2D eigenvalue weighted by molar-refractivity contribution is 0.626. The van der Waals surface area contributed by atoms with Gasteiger partial charge in [0.1, 0.15) is 5.82 Å². The van der Waals surface area contributed by atoms with Crippen LogP contribution in [0.5, 0.6) is 0 Å². The highest BCUT2D eigenvalue weighted by atomic mass is 79.9. The molecule has 1 nitrogen and oxygen atoms in total. The standard InChI is InChI=1S/C14H13BrFN/c1-10-5-12(15)8-14(6-10)17-9-11-3-2-4-13(16)7-11/h2-8,17H,9H2,1H3. The maximum absolute atomic E-state index is 13.0. The second kappa shape index (κ2) is 5.32. The zero-order valence-electron chi connectivity index (χ0n) is 9.50. The molecule has 0 radical (unpaired) electrons. The summed E-state index contributed by atoms with van der Waals surface area (Å²) in [6.07, 6.45) is 0. The van der Waals surface area contributed by atoms with Crippen molar-refractivity contribution in [1.82, 2.24) is 0 Å². The Morgan fingerprint density at radius 2 is 2.00 bits per heavy atom. The number of halogens is 2. The third kappa shape index (κ3) is 3.56. The Morgan fingerprint density at radius 1 is 1.18 bits per heavy atom. The van der Waals surface area contributed by atoms with Crippen LogP contribution in [0, 0.1) is 12.7 Å². The van der Waals surface area contributed by atoms with Gasteiger partial charge in [0.05, 0.1) is 0 Å². The summed E-state index contributed by atoms with van der Waals surface area (Å²) in [4.78, 5) is 0. The van der Waals surface area contributed by atoms with Crippen molar-refractivity contribution >= 4 is 21.6 Å². The highest BCUT2D eigenvalue weighted by Crippen LogP contribution is 2.19. The van der Waals surface area contributed by atoms with Crippen molar-refractivity contribution in [2.75, 3.05) is 5.32 Å². The lowest BCUT2D eigenvalue weighted by Gasteiger charge is -2.08. The van der Waals surface area contributed by atoms with Crippen LogP contribution >= 0.6 is 15.9 Å². The van der Waals surface area contributed by atoms with Gasteiger partial charge in [-0.1, -0.05) is 28.1 Å². The van der Waals surface area contributed by atoms with Crippen molar-refractivity contribution in [2.45, 2.75) is 13.5 Å². The van der Waals surface area contributed by atoms with Gasteiger partial charge in [-0.3, -0.25) is 0 Å². The number of nitrogens with one attached hydrogen (secondary N) is 1. The van der Waals surface area contributed by atoms with E-state index < -0.39 is 0 Å². The molecular formula is C14H13BrFN. The molecule has 0 bridgehead atoms. The van der Waals surface area contributed by atoms with Crippen LogP contribution in [0.4, 0.5) is 10.1 Å². The highest BCUT2D eigenvalue weighted by molar-refractivity contribution is 9.10. The molecule has 0 unspecified atom stereocenters. The van der Waals surface area contributed by atoms with E-state index in [0.29, 0.717) is 6.54 Å². The first-order valence-electron chi connectivity index (χ1n) is 5.39. The first kappa shape index (κ1) is 12.1.